The van der Waals surface area contributed by atoms with Crippen molar-refractivity contribution in [2.24, 2.45) is 5.73 Å². The highest BCUT2D eigenvalue weighted by atomic mass is 16.2. The van der Waals surface area contributed by atoms with Gasteiger partial charge in [0.1, 0.15) is 0 Å². The molecule has 1 aliphatic carbocycles. The first kappa shape index (κ1) is 5.61. The van der Waals surface area contributed by atoms with Crippen LogP contribution in [0.2, 0.25) is 0 Å². The lowest BCUT2D eigenvalue weighted by molar-refractivity contribution is -0.124. The van der Waals surface area contributed by atoms with E-state index >= 15 is 0 Å². The standard InChI is InChI=1S/C6H5N2O2/c7-3-1-2-4(3)6(10)8-5(2)9/h3H,1,7H2. The second-order valence-corrected chi connectivity index (χ2v) is 2.42. The van der Waals surface area contributed by atoms with E-state index in [1.807, 2.05) is 0 Å². The Morgan fingerprint density at radius 3 is 2.50 bits per heavy atom. The van der Waals surface area contributed by atoms with Gasteiger partial charge in [-0.05, 0) is 6.42 Å². The summed E-state index contributed by atoms with van der Waals surface area (Å²) in [7, 11) is 0. The maximum absolute atomic E-state index is 10.7. The third-order valence-electron chi connectivity index (χ3n) is 1.81. The fourth-order valence-electron chi connectivity index (χ4n) is 1.23. The molecule has 1 atom stereocenters. The van der Waals surface area contributed by atoms with E-state index in [0.29, 0.717) is 17.6 Å². The second-order valence-electron chi connectivity index (χ2n) is 2.42. The van der Waals surface area contributed by atoms with Gasteiger partial charge in [-0.3, -0.25) is 9.59 Å². The number of amides is 2. The SMILES string of the molecule is NC1CC2=C1C(=O)[N]C2=O. The van der Waals surface area contributed by atoms with Gasteiger partial charge in [0.2, 0.25) is 0 Å². The Labute approximate surface area is 57.1 Å². The average Bonchev–Trinajstić information content (AvgIpc) is 2.01. The predicted octanol–water partition coefficient (Wildman–Crippen LogP) is -1.31. The van der Waals surface area contributed by atoms with Crippen molar-refractivity contribution in [1.29, 1.82) is 0 Å². The monoisotopic (exact) mass is 137 g/mol. The first-order valence-electron chi connectivity index (χ1n) is 2.99. The van der Waals surface area contributed by atoms with E-state index in [4.69, 9.17) is 5.73 Å². The van der Waals surface area contributed by atoms with E-state index < -0.39 is 5.91 Å². The lowest BCUT2D eigenvalue weighted by Crippen LogP contribution is -2.34. The molecule has 2 amide bonds. The summed E-state index contributed by atoms with van der Waals surface area (Å²) in [5.74, 6) is -0.819. The highest BCUT2D eigenvalue weighted by Crippen LogP contribution is 2.31. The van der Waals surface area contributed by atoms with Crippen molar-refractivity contribution in [1.82, 2.24) is 5.32 Å². The van der Waals surface area contributed by atoms with Crippen LogP contribution >= 0.6 is 0 Å². The zero-order valence-corrected chi connectivity index (χ0v) is 5.13. The molecule has 0 saturated heterocycles. The van der Waals surface area contributed by atoms with Gasteiger partial charge in [0.05, 0.1) is 0 Å². The minimum atomic E-state index is -0.432. The van der Waals surface area contributed by atoms with Gasteiger partial charge in [-0.2, -0.15) is 5.32 Å². The maximum Gasteiger partial charge on any atom is 0.278 e. The van der Waals surface area contributed by atoms with Crippen molar-refractivity contribution in [3.63, 3.8) is 0 Å². The smallest absolute Gasteiger partial charge is 0.278 e. The lowest BCUT2D eigenvalue weighted by Gasteiger charge is -2.20. The molecular weight excluding hydrogens is 132 g/mol. The van der Waals surface area contributed by atoms with E-state index in [-0.39, 0.29) is 11.9 Å². The number of carbonyl (C=O) groups is 2. The highest BCUT2D eigenvalue weighted by molar-refractivity contribution is 6.21. The van der Waals surface area contributed by atoms with Gasteiger partial charge in [-0.1, -0.05) is 0 Å². The van der Waals surface area contributed by atoms with Crippen LogP contribution in [0.1, 0.15) is 6.42 Å². The molecule has 4 nitrogen and oxygen atoms in total. The Bertz CT molecular complexity index is 267. The van der Waals surface area contributed by atoms with E-state index in [9.17, 15) is 9.59 Å². The molecule has 0 saturated carbocycles. The molecule has 0 aromatic rings. The second kappa shape index (κ2) is 1.46. The van der Waals surface area contributed by atoms with Crippen molar-refractivity contribution in [2.75, 3.05) is 0 Å². The lowest BCUT2D eigenvalue weighted by atomic mass is 9.85. The molecule has 0 aromatic heterocycles. The number of carbonyl (C=O) groups excluding carboxylic acids is 2. The molecule has 0 aromatic carbocycles. The molecule has 2 N–H and O–H groups in total. The predicted molar refractivity (Wildman–Crippen MR) is 31.8 cm³/mol. The van der Waals surface area contributed by atoms with Gasteiger partial charge in [-0.15, -0.1) is 0 Å². The van der Waals surface area contributed by atoms with Crippen LogP contribution in [-0.2, 0) is 9.59 Å². The van der Waals surface area contributed by atoms with Crippen LogP contribution in [0.4, 0.5) is 0 Å². The Kier molecular flexibility index (Phi) is 0.820. The summed E-state index contributed by atoms with van der Waals surface area (Å²) in [6.07, 6.45) is 0.517. The highest BCUT2D eigenvalue weighted by Gasteiger charge is 2.43. The van der Waals surface area contributed by atoms with Crippen LogP contribution in [0.15, 0.2) is 11.1 Å². The summed E-state index contributed by atoms with van der Waals surface area (Å²) < 4.78 is 0. The first-order valence-corrected chi connectivity index (χ1v) is 2.99. The fourth-order valence-corrected chi connectivity index (χ4v) is 1.23. The van der Waals surface area contributed by atoms with Crippen molar-refractivity contribution in [3.05, 3.63) is 11.1 Å². The Morgan fingerprint density at radius 1 is 1.40 bits per heavy atom. The molecule has 51 valence electrons. The summed E-state index contributed by atoms with van der Waals surface area (Å²) in [4.78, 5) is 21.4. The molecule has 1 heterocycles. The molecule has 4 heteroatoms. The van der Waals surface area contributed by atoms with Crippen LogP contribution < -0.4 is 11.1 Å². The average molecular weight is 137 g/mol. The fraction of sp³-hybridized carbons (Fsp3) is 0.333. The number of imide groups is 1. The van der Waals surface area contributed by atoms with Gasteiger partial charge in [0, 0.05) is 17.2 Å². The zero-order valence-electron chi connectivity index (χ0n) is 5.13. The van der Waals surface area contributed by atoms with E-state index in [1.54, 1.807) is 0 Å². The van der Waals surface area contributed by atoms with E-state index in [0.717, 1.165) is 0 Å². The normalized spacial score (nSPS) is 29.9. The molecule has 10 heavy (non-hydrogen) atoms. The first-order chi connectivity index (χ1) is 4.70. The molecule has 0 bridgehead atoms. The minimum Gasteiger partial charge on any atom is -0.323 e. The summed E-state index contributed by atoms with van der Waals surface area (Å²) in [6, 6.07) is -0.238. The zero-order chi connectivity index (χ0) is 7.30. The van der Waals surface area contributed by atoms with E-state index in [1.165, 1.54) is 0 Å². The Hall–Kier alpha value is -1.16. The summed E-state index contributed by atoms with van der Waals surface area (Å²) in [6.45, 7) is 0. The summed E-state index contributed by atoms with van der Waals surface area (Å²) in [5.41, 5.74) is 6.39. The molecule has 1 radical (unpaired) electrons. The van der Waals surface area contributed by atoms with Gasteiger partial charge in [0.15, 0.2) is 0 Å². The van der Waals surface area contributed by atoms with E-state index in [2.05, 4.69) is 5.32 Å². The number of nitrogens with zero attached hydrogens (tertiary/aromatic N) is 1. The van der Waals surface area contributed by atoms with Crippen molar-refractivity contribution < 1.29 is 9.59 Å². The van der Waals surface area contributed by atoms with Gasteiger partial charge >= 0.3 is 0 Å². The molecule has 0 fully saturated rings. The van der Waals surface area contributed by atoms with Crippen LogP contribution in [0.25, 0.3) is 0 Å². The quantitative estimate of drug-likeness (QED) is 0.421. The number of hydrogen-bond donors (Lipinski definition) is 1. The van der Waals surface area contributed by atoms with Crippen molar-refractivity contribution in [2.45, 2.75) is 12.5 Å². The molecule has 2 rings (SSSR count). The number of hydrogen-bond acceptors (Lipinski definition) is 3. The molecule has 0 spiro atoms. The molecular formula is C6H5N2O2. The third kappa shape index (κ3) is 0.447. The largest absolute Gasteiger partial charge is 0.323 e. The van der Waals surface area contributed by atoms with Gasteiger partial charge in [-0.25, -0.2) is 0 Å². The Morgan fingerprint density at radius 2 is 2.10 bits per heavy atom. The van der Waals surface area contributed by atoms with Crippen molar-refractivity contribution in [3.8, 4) is 0 Å². The van der Waals surface area contributed by atoms with Crippen LogP contribution in [0.5, 0.6) is 0 Å². The maximum atomic E-state index is 10.7. The van der Waals surface area contributed by atoms with Crippen LogP contribution in [-0.4, -0.2) is 17.9 Å². The molecule has 1 aliphatic heterocycles. The number of nitrogens with two attached hydrogens (primary N) is 1. The van der Waals surface area contributed by atoms with Gasteiger partial charge in [0.25, 0.3) is 11.8 Å². The van der Waals surface area contributed by atoms with Crippen LogP contribution in [0, 0.1) is 0 Å². The summed E-state index contributed by atoms with van der Waals surface area (Å²) in [5, 5.41) is 3.23. The van der Waals surface area contributed by atoms with Crippen LogP contribution in [0.3, 0.4) is 0 Å². The van der Waals surface area contributed by atoms with Crippen molar-refractivity contribution >= 4 is 11.8 Å². The third-order valence-corrected chi connectivity index (χ3v) is 1.81. The molecule has 2 aliphatic rings. The topological polar surface area (TPSA) is 74.3 Å². The molecule has 1 unspecified atom stereocenters. The van der Waals surface area contributed by atoms with Gasteiger partial charge < -0.3 is 5.73 Å². The minimum absolute atomic E-state index is 0.238. The number of rotatable bonds is 0. The summed E-state index contributed by atoms with van der Waals surface area (Å²) >= 11 is 0. The Balaban J connectivity index is 2.45.